The van der Waals surface area contributed by atoms with Gasteiger partial charge in [-0.05, 0) is 65.3 Å². The third-order valence-corrected chi connectivity index (χ3v) is 5.30. The molecule has 0 aliphatic heterocycles. The maximum atomic E-state index is 13.8. The number of esters is 1. The SMILES string of the molecule is [2H]C1=C(C(=O)OC([2H])(C)C([2H])([2H])[2H])C([2H])([2H])[C@]([2H])(N([2H])C)[C@@](C)(N([2H])C(=O)C([2H])(C)C)[C@@]1([2H])OC(C)(C([2H])([2H])C([2H])([2H])C)C(C)(C)C([2H])([2H])C. The van der Waals surface area contributed by atoms with Gasteiger partial charge >= 0.3 is 5.97 Å². The van der Waals surface area contributed by atoms with Crippen LogP contribution in [0.25, 0.3) is 0 Å². The van der Waals surface area contributed by atoms with Crippen LogP contribution in [0.15, 0.2) is 11.6 Å². The van der Waals surface area contributed by atoms with Crippen LogP contribution in [-0.4, -0.2) is 48.2 Å². The van der Waals surface area contributed by atoms with Gasteiger partial charge in [-0.3, -0.25) is 4.79 Å². The van der Waals surface area contributed by atoms with Gasteiger partial charge in [-0.25, -0.2) is 4.79 Å². The highest BCUT2D eigenvalue weighted by Gasteiger charge is 2.51. The first-order valence-electron chi connectivity index (χ1n) is 19.0. The molecule has 1 aliphatic carbocycles. The molecule has 0 aromatic heterocycles. The van der Waals surface area contributed by atoms with Crippen LogP contribution in [0.2, 0.25) is 2.82 Å². The van der Waals surface area contributed by atoms with Crippen LogP contribution < -0.4 is 10.6 Å². The van der Waals surface area contributed by atoms with Crippen molar-refractivity contribution in [2.24, 2.45) is 11.3 Å². The van der Waals surface area contributed by atoms with Crippen molar-refractivity contribution >= 4 is 11.9 Å². The van der Waals surface area contributed by atoms with E-state index < -0.39 is 96.5 Å². The molecule has 0 aromatic carbocycles. The summed E-state index contributed by atoms with van der Waals surface area (Å²) in [6.45, 7) is 4.48. The minimum absolute atomic E-state index is 0.0376. The summed E-state index contributed by atoms with van der Waals surface area (Å²) in [4.78, 5) is 27.4. The Hall–Kier alpha value is -1.40. The smallest absolute Gasteiger partial charge is 0.334 e. The van der Waals surface area contributed by atoms with Gasteiger partial charge in [0.1, 0.15) is 7.49 Å². The maximum absolute atomic E-state index is 13.8. The summed E-state index contributed by atoms with van der Waals surface area (Å²) in [5, 5.41) is -0.315. The van der Waals surface area contributed by atoms with E-state index >= 15 is 0 Å². The first kappa shape index (κ1) is 11.4. The van der Waals surface area contributed by atoms with Gasteiger partial charge in [-0.15, -0.1) is 0 Å². The van der Waals surface area contributed by atoms with Crippen molar-refractivity contribution in [1.29, 1.82) is 0 Å². The number of amides is 1. The fourth-order valence-corrected chi connectivity index (χ4v) is 2.71. The Labute approximate surface area is 221 Å². The molecule has 1 rings (SSSR count). The van der Waals surface area contributed by atoms with E-state index in [1.165, 1.54) is 0 Å². The molecule has 0 heterocycles. The van der Waals surface area contributed by atoms with E-state index in [9.17, 15) is 13.7 Å². The number of ether oxygens (including phenoxy) is 2. The Kier molecular flexibility index (Phi) is 3.95. The van der Waals surface area contributed by atoms with Crippen LogP contribution >= 0.6 is 0 Å². The fraction of sp³-hybridized carbons (Fsp3) is 0.846. The Morgan fingerprint density at radius 3 is 2.56 bits per heavy atom. The number of carbonyl (C=O) groups excluding carboxylic acids is 2. The molecule has 1 aliphatic rings. The topological polar surface area (TPSA) is 76.7 Å². The van der Waals surface area contributed by atoms with Crippen LogP contribution in [0.3, 0.4) is 0 Å². The van der Waals surface area contributed by atoms with E-state index in [-0.39, 0.29) is 10.6 Å². The zero-order chi connectivity index (χ0) is 40.9. The average Bonchev–Trinajstić information content (AvgIpc) is 2.86. The molecule has 2 N–H and O–H groups in total. The highest BCUT2D eigenvalue weighted by Crippen LogP contribution is 2.44. The molecule has 0 fully saturated rings. The summed E-state index contributed by atoms with van der Waals surface area (Å²) in [6, 6.07) is -5.41. The molecule has 6 heteroatoms. The molecular formula is C26H48N2O4. The quantitative estimate of drug-likeness (QED) is 0.426. The lowest BCUT2D eigenvalue weighted by Crippen LogP contribution is -2.69. The summed E-state index contributed by atoms with van der Waals surface area (Å²) in [6.07, 6.45) is -19.8. The zero-order valence-corrected chi connectivity index (χ0v) is 20.5. The minimum atomic E-state index is -3.86. The van der Waals surface area contributed by atoms with E-state index in [4.69, 9.17) is 30.1 Å². The number of likely N-dealkylation sites (N-methyl/N-ethyl adjacent to an activating group) is 1. The summed E-state index contributed by atoms with van der Waals surface area (Å²) in [7, 11) is 0.709. The van der Waals surface area contributed by atoms with Crippen molar-refractivity contribution in [1.82, 2.24) is 10.6 Å². The van der Waals surface area contributed by atoms with Gasteiger partial charge in [-0.2, -0.15) is 0 Å². The number of nitrogens with one attached hydrogen (secondary N) is 2. The summed E-state index contributed by atoms with van der Waals surface area (Å²) in [5.74, 6) is -5.98. The van der Waals surface area contributed by atoms with Gasteiger partial charge < -0.3 is 20.1 Å². The number of rotatable bonds is 11. The van der Waals surface area contributed by atoms with Crippen LogP contribution in [-0.2, 0) is 19.1 Å². The molecule has 2 unspecified atom stereocenters. The van der Waals surface area contributed by atoms with Crippen LogP contribution in [0.4, 0.5) is 0 Å². The summed E-state index contributed by atoms with van der Waals surface area (Å²) >= 11 is 0. The normalized spacial score (nSPS) is 44.7. The highest BCUT2D eigenvalue weighted by molar-refractivity contribution is 5.89. The third kappa shape index (κ3) is 6.34. The standard InChI is InChI=1S/C26H48N2O4/c1-12-14-25(9,24(7,8)13-2)32-21-16-19(23(30)31-18(5)6)15-20(27-11)26(21,10)28-22(29)17(3)4/h16-18,20-21,27H,12-15H2,1-11H3,(H,28,29)/t20-,21-,25?,26+/m0/s1/i5D3,12D2,13D2,14D2,15D2,16D,17D,18D,20D,21D/hD2/t18?,20-,21-,25?,26+. The Morgan fingerprint density at radius 1 is 1.47 bits per heavy atom. The van der Waals surface area contributed by atoms with E-state index in [2.05, 4.69) is 0 Å². The van der Waals surface area contributed by atoms with Crippen LogP contribution in [0.1, 0.15) is 117 Å². The van der Waals surface area contributed by atoms with Crippen molar-refractivity contribution in [3.63, 3.8) is 0 Å². The average molecular weight is 471 g/mol. The molecular weight excluding hydrogens is 404 g/mol. The number of hydrogen-bond donors (Lipinski definition) is 2. The van der Waals surface area contributed by atoms with Gasteiger partial charge in [-0.1, -0.05) is 47.9 Å². The lowest BCUT2D eigenvalue weighted by Gasteiger charge is -2.52. The van der Waals surface area contributed by atoms with Gasteiger partial charge in [0.15, 0.2) is 1.41 Å². The lowest BCUT2D eigenvalue weighted by atomic mass is 9.70. The Morgan fingerprint density at radius 2 is 2.09 bits per heavy atom. The van der Waals surface area contributed by atoms with E-state index in [1.807, 2.05) is 0 Å². The van der Waals surface area contributed by atoms with Gasteiger partial charge in [0.2, 0.25) is 5.91 Å². The molecule has 1 amide bonds. The van der Waals surface area contributed by atoms with Gasteiger partial charge in [0.05, 0.1) is 21.3 Å². The Balaban J connectivity index is 4.87. The first-order chi connectivity index (χ1) is 21.4. The monoisotopic (exact) mass is 470 g/mol. The minimum Gasteiger partial charge on any atom is -0.460 e. The molecule has 0 aromatic rings. The molecule has 0 spiro atoms. The zero-order valence-electron chi connectivity index (χ0n) is 38.5. The highest BCUT2D eigenvalue weighted by atomic mass is 16.5. The Bertz CT molecular complexity index is 1350. The van der Waals surface area contributed by atoms with E-state index in [0.29, 0.717) is 20.9 Å². The second kappa shape index (κ2) is 11.1. The van der Waals surface area contributed by atoms with Crippen molar-refractivity contribution in [3.8, 4) is 0 Å². The third-order valence-electron chi connectivity index (χ3n) is 5.30. The maximum Gasteiger partial charge on any atom is 0.334 e. The van der Waals surface area contributed by atoms with E-state index in [1.54, 1.807) is 0 Å². The first-order valence-corrected chi connectivity index (χ1v) is 10.1. The fourth-order valence-electron chi connectivity index (χ4n) is 2.71. The van der Waals surface area contributed by atoms with Gasteiger partial charge in [0.25, 0.3) is 0 Å². The molecule has 0 bridgehead atoms. The van der Waals surface area contributed by atoms with Crippen molar-refractivity contribution in [2.45, 2.75) is 124 Å². The number of hydrogen-bond acceptors (Lipinski definition) is 5. The van der Waals surface area contributed by atoms with Crippen molar-refractivity contribution < 1.29 is 43.8 Å². The summed E-state index contributed by atoms with van der Waals surface area (Å²) in [5.41, 5.74) is -10.5. The molecule has 5 atom stereocenters. The van der Waals surface area contributed by atoms with Crippen LogP contribution in [0.5, 0.6) is 0 Å². The molecule has 0 saturated carbocycles. The second-order valence-corrected chi connectivity index (χ2v) is 8.35. The van der Waals surface area contributed by atoms with Crippen LogP contribution in [0, 0.1) is 11.3 Å². The predicted octanol–water partition coefficient (Wildman–Crippen LogP) is 4.77. The second-order valence-electron chi connectivity index (χ2n) is 8.35. The van der Waals surface area contributed by atoms with Crippen molar-refractivity contribution in [3.05, 3.63) is 11.6 Å². The van der Waals surface area contributed by atoms with Gasteiger partial charge in [0, 0.05) is 35.3 Å². The number of carbonyl (C=O) groups is 2. The largest absolute Gasteiger partial charge is 0.460 e. The molecule has 0 saturated heterocycles. The summed E-state index contributed by atoms with van der Waals surface area (Å²) < 4.78 is 166. The predicted molar refractivity (Wildman–Crippen MR) is 130 cm³/mol. The molecule has 32 heavy (non-hydrogen) atoms. The molecule has 0 radical (unpaired) electrons. The molecule has 6 nitrogen and oxygen atoms in total. The lowest BCUT2D eigenvalue weighted by molar-refractivity contribution is -0.169. The van der Waals surface area contributed by atoms with Crippen molar-refractivity contribution in [2.75, 3.05) is 7.05 Å². The molecule has 186 valence electrons. The van der Waals surface area contributed by atoms with E-state index in [0.717, 1.165) is 48.5 Å².